The predicted octanol–water partition coefficient (Wildman–Crippen LogP) is 1.79. The van der Waals surface area contributed by atoms with Crippen LogP contribution >= 0.6 is 0 Å². The third-order valence-electron chi connectivity index (χ3n) is 4.16. The molecule has 26 heavy (non-hydrogen) atoms. The molecule has 0 radical (unpaired) electrons. The van der Waals surface area contributed by atoms with Gasteiger partial charge in [0.25, 0.3) is 11.8 Å². The topological polar surface area (TPSA) is 104 Å². The third kappa shape index (κ3) is 3.70. The van der Waals surface area contributed by atoms with Crippen LogP contribution in [0.5, 0.6) is 0 Å². The zero-order chi connectivity index (χ0) is 18.9. The largest absolute Gasteiger partial charge is 0.348 e. The molecule has 7 nitrogen and oxygen atoms in total. The lowest BCUT2D eigenvalue weighted by Gasteiger charge is -2.19. The van der Waals surface area contributed by atoms with Crippen molar-refractivity contribution in [1.29, 1.82) is 0 Å². The highest BCUT2D eigenvalue weighted by Gasteiger charge is 2.25. The van der Waals surface area contributed by atoms with E-state index >= 15 is 0 Å². The quantitative estimate of drug-likeness (QED) is 0.743. The second kappa shape index (κ2) is 6.80. The molecule has 0 fully saturated rings. The van der Waals surface area contributed by atoms with Gasteiger partial charge >= 0.3 is 0 Å². The molecule has 8 heteroatoms. The third-order valence-corrected chi connectivity index (χ3v) is 4.75. The van der Waals surface area contributed by atoms with E-state index in [0.717, 1.165) is 6.26 Å². The summed E-state index contributed by atoms with van der Waals surface area (Å²) in [6.07, 6.45) is 1.07. The van der Waals surface area contributed by atoms with Gasteiger partial charge in [-0.1, -0.05) is 24.3 Å². The average Bonchev–Trinajstić information content (AvgIpc) is 2.95. The fourth-order valence-electron chi connectivity index (χ4n) is 2.99. The number of fused-ring (bicyclic) bond motifs is 1. The fourth-order valence-corrected chi connectivity index (χ4v) is 3.57. The number of para-hydroxylation sites is 1. The van der Waals surface area contributed by atoms with Gasteiger partial charge in [-0.05, 0) is 36.2 Å². The molecule has 0 aliphatic carbocycles. The van der Waals surface area contributed by atoms with Crippen molar-refractivity contribution in [3.63, 3.8) is 0 Å². The monoisotopic (exact) mass is 373 g/mol. The summed E-state index contributed by atoms with van der Waals surface area (Å²) >= 11 is 0. The summed E-state index contributed by atoms with van der Waals surface area (Å²) in [6.45, 7) is 2.09. The SMILES string of the molecule is CC(NC(=O)c1cccc2c1CNC2=O)c1ccccc1NS(C)(=O)=O. The number of rotatable bonds is 5. The number of hydrogen-bond acceptors (Lipinski definition) is 4. The van der Waals surface area contributed by atoms with Crippen LogP contribution in [-0.2, 0) is 16.6 Å². The van der Waals surface area contributed by atoms with Crippen LogP contribution in [0.4, 0.5) is 5.69 Å². The molecule has 136 valence electrons. The number of carbonyl (C=O) groups excluding carboxylic acids is 2. The minimum Gasteiger partial charge on any atom is -0.348 e. The summed E-state index contributed by atoms with van der Waals surface area (Å²) in [5.74, 6) is -0.509. The molecular formula is C18H19N3O4S. The molecular weight excluding hydrogens is 354 g/mol. The van der Waals surface area contributed by atoms with Crippen LogP contribution < -0.4 is 15.4 Å². The molecule has 0 spiro atoms. The molecule has 0 saturated heterocycles. The molecule has 2 amide bonds. The Morgan fingerprint density at radius 1 is 1.15 bits per heavy atom. The standard InChI is InChI=1S/C18H19N3O4S/c1-11(12-6-3-4-9-16(12)21-26(2,24)25)20-18(23)14-8-5-7-13-15(14)10-19-17(13)22/h3-9,11,21H,10H2,1-2H3,(H,19,22)(H,20,23). The highest BCUT2D eigenvalue weighted by Crippen LogP contribution is 2.25. The van der Waals surface area contributed by atoms with Crippen LogP contribution in [0.25, 0.3) is 0 Å². The van der Waals surface area contributed by atoms with Crippen LogP contribution in [0, 0.1) is 0 Å². The van der Waals surface area contributed by atoms with Gasteiger partial charge in [0.05, 0.1) is 18.0 Å². The van der Waals surface area contributed by atoms with E-state index < -0.39 is 16.1 Å². The molecule has 1 atom stereocenters. The smallest absolute Gasteiger partial charge is 0.252 e. The molecule has 0 bridgehead atoms. The lowest BCUT2D eigenvalue weighted by atomic mass is 10.0. The number of carbonyl (C=O) groups is 2. The van der Waals surface area contributed by atoms with E-state index in [-0.39, 0.29) is 11.8 Å². The van der Waals surface area contributed by atoms with Gasteiger partial charge in [0, 0.05) is 17.7 Å². The first-order valence-electron chi connectivity index (χ1n) is 8.04. The summed E-state index contributed by atoms with van der Waals surface area (Å²) < 4.78 is 25.5. The van der Waals surface area contributed by atoms with Gasteiger partial charge in [0.2, 0.25) is 10.0 Å². The maximum atomic E-state index is 12.7. The number of amides is 2. The Kier molecular flexibility index (Phi) is 4.69. The van der Waals surface area contributed by atoms with Crippen LogP contribution in [0.15, 0.2) is 42.5 Å². The lowest BCUT2D eigenvalue weighted by Crippen LogP contribution is -2.28. The highest BCUT2D eigenvalue weighted by atomic mass is 32.2. The van der Waals surface area contributed by atoms with Crippen molar-refractivity contribution in [2.45, 2.75) is 19.5 Å². The Balaban J connectivity index is 1.85. The van der Waals surface area contributed by atoms with Crippen molar-refractivity contribution < 1.29 is 18.0 Å². The number of nitrogens with one attached hydrogen (secondary N) is 3. The Bertz CT molecular complexity index is 986. The summed E-state index contributed by atoms with van der Waals surface area (Å²) in [6, 6.07) is 11.5. The summed E-state index contributed by atoms with van der Waals surface area (Å²) in [4.78, 5) is 24.5. The summed E-state index contributed by atoms with van der Waals surface area (Å²) in [5.41, 5.74) is 2.67. The van der Waals surface area contributed by atoms with E-state index in [0.29, 0.717) is 34.5 Å². The van der Waals surface area contributed by atoms with E-state index in [2.05, 4.69) is 15.4 Å². The molecule has 1 aliphatic rings. The Hall–Kier alpha value is -2.87. The zero-order valence-electron chi connectivity index (χ0n) is 14.4. The van der Waals surface area contributed by atoms with E-state index in [9.17, 15) is 18.0 Å². The molecule has 1 heterocycles. The zero-order valence-corrected chi connectivity index (χ0v) is 15.2. The number of sulfonamides is 1. The number of anilines is 1. The van der Waals surface area contributed by atoms with Gasteiger partial charge in [0.1, 0.15) is 0 Å². The number of hydrogen-bond donors (Lipinski definition) is 3. The normalized spacial score (nSPS) is 14.3. The molecule has 0 aromatic heterocycles. The summed E-state index contributed by atoms with van der Waals surface area (Å²) in [7, 11) is -3.44. The van der Waals surface area contributed by atoms with Crippen molar-refractivity contribution >= 4 is 27.5 Å². The first-order valence-corrected chi connectivity index (χ1v) is 9.93. The van der Waals surface area contributed by atoms with Crippen molar-refractivity contribution in [1.82, 2.24) is 10.6 Å². The van der Waals surface area contributed by atoms with Crippen molar-refractivity contribution in [2.75, 3.05) is 11.0 Å². The fraction of sp³-hybridized carbons (Fsp3) is 0.222. The van der Waals surface area contributed by atoms with E-state index in [1.165, 1.54) is 0 Å². The second-order valence-corrected chi connectivity index (χ2v) is 7.92. The Morgan fingerprint density at radius 3 is 2.62 bits per heavy atom. The van der Waals surface area contributed by atoms with Gasteiger partial charge in [-0.3, -0.25) is 14.3 Å². The van der Waals surface area contributed by atoms with Crippen LogP contribution in [-0.4, -0.2) is 26.5 Å². The second-order valence-electron chi connectivity index (χ2n) is 6.17. The van der Waals surface area contributed by atoms with E-state index in [1.54, 1.807) is 49.4 Å². The van der Waals surface area contributed by atoms with Crippen LogP contribution in [0.3, 0.4) is 0 Å². The lowest BCUT2D eigenvalue weighted by molar-refractivity contribution is 0.0937. The first-order chi connectivity index (χ1) is 12.3. The molecule has 0 saturated carbocycles. The molecule has 3 rings (SSSR count). The minimum atomic E-state index is -3.44. The highest BCUT2D eigenvalue weighted by molar-refractivity contribution is 7.92. The van der Waals surface area contributed by atoms with Gasteiger partial charge < -0.3 is 10.6 Å². The minimum absolute atomic E-state index is 0.189. The number of benzene rings is 2. The Morgan fingerprint density at radius 2 is 1.88 bits per heavy atom. The molecule has 2 aromatic carbocycles. The molecule has 2 aromatic rings. The van der Waals surface area contributed by atoms with Gasteiger partial charge in [-0.2, -0.15) is 0 Å². The van der Waals surface area contributed by atoms with Gasteiger partial charge in [-0.25, -0.2) is 8.42 Å². The van der Waals surface area contributed by atoms with Crippen LogP contribution in [0.1, 0.15) is 44.8 Å². The average molecular weight is 373 g/mol. The van der Waals surface area contributed by atoms with Crippen molar-refractivity contribution in [3.05, 3.63) is 64.7 Å². The first kappa shape index (κ1) is 17.9. The molecule has 3 N–H and O–H groups in total. The van der Waals surface area contributed by atoms with Gasteiger partial charge in [0.15, 0.2) is 0 Å². The van der Waals surface area contributed by atoms with E-state index in [1.807, 2.05) is 0 Å². The predicted molar refractivity (Wildman–Crippen MR) is 98.4 cm³/mol. The van der Waals surface area contributed by atoms with Crippen molar-refractivity contribution in [3.8, 4) is 0 Å². The molecule has 1 unspecified atom stereocenters. The van der Waals surface area contributed by atoms with Gasteiger partial charge in [-0.15, -0.1) is 0 Å². The van der Waals surface area contributed by atoms with Crippen LogP contribution in [0.2, 0.25) is 0 Å². The van der Waals surface area contributed by atoms with E-state index in [4.69, 9.17) is 0 Å². The maximum Gasteiger partial charge on any atom is 0.252 e. The maximum absolute atomic E-state index is 12.7. The van der Waals surface area contributed by atoms with Crippen molar-refractivity contribution in [2.24, 2.45) is 0 Å². The summed E-state index contributed by atoms with van der Waals surface area (Å²) in [5, 5.41) is 5.57. The molecule has 1 aliphatic heterocycles. The Labute approximate surface area is 151 Å².